The SMILES string of the molecule is C=C(C(=O)O)C1(C)CCC(C(C)C)C(O)C1.C=CC(=O)OC1CC(C)CCC1C(C)C. The van der Waals surface area contributed by atoms with Gasteiger partial charge < -0.3 is 14.9 Å². The van der Waals surface area contributed by atoms with E-state index < -0.39 is 17.5 Å². The molecule has 5 heteroatoms. The third-order valence-corrected chi connectivity index (χ3v) is 7.42. The average molecular weight is 437 g/mol. The zero-order valence-electron chi connectivity index (χ0n) is 20.4. The zero-order chi connectivity index (χ0) is 23.9. The smallest absolute Gasteiger partial charge is 0.331 e. The standard InChI is InChI=1S/C13H22O3.C13H22O2/c1-8(2)10-5-6-13(4,7-11(10)14)9(3)12(15)16;1-5-13(14)15-12-8-10(4)6-7-11(12)9(2)3/h8,10-11,14H,3,5-7H2,1-2,4H3,(H,15,16);5,9-12H,1,6-8H2,2-4H3. The molecular formula is C26H44O5. The molecule has 0 amide bonds. The summed E-state index contributed by atoms with van der Waals surface area (Å²) in [7, 11) is 0. The van der Waals surface area contributed by atoms with Gasteiger partial charge in [-0.3, -0.25) is 0 Å². The predicted octanol–water partition coefficient (Wildman–Crippen LogP) is 5.63. The lowest BCUT2D eigenvalue weighted by Gasteiger charge is -2.42. The highest BCUT2D eigenvalue weighted by atomic mass is 16.5. The molecule has 31 heavy (non-hydrogen) atoms. The van der Waals surface area contributed by atoms with Crippen molar-refractivity contribution in [3.63, 3.8) is 0 Å². The Kier molecular flexibility index (Phi) is 10.5. The minimum atomic E-state index is -0.947. The molecule has 0 radical (unpaired) electrons. The average Bonchev–Trinajstić information content (AvgIpc) is 2.67. The Morgan fingerprint density at radius 3 is 2.13 bits per heavy atom. The number of esters is 1. The summed E-state index contributed by atoms with van der Waals surface area (Å²) in [6.45, 7) is 19.8. The molecule has 2 fully saturated rings. The van der Waals surface area contributed by atoms with Gasteiger partial charge in [-0.1, -0.05) is 61.1 Å². The van der Waals surface area contributed by atoms with Crippen molar-refractivity contribution in [2.45, 2.75) is 92.3 Å². The normalized spacial score (nSPS) is 33.3. The minimum Gasteiger partial charge on any atom is -0.478 e. The summed E-state index contributed by atoms with van der Waals surface area (Å²) in [5.74, 6) is 1.28. The maximum atomic E-state index is 11.2. The van der Waals surface area contributed by atoms with E-state index >= 15 is 0 Å². The van der Waals surface area contributed by atoms with Crippen LogP contribution in [-0.4, -0.2) is 34.4 Å². The topological polar surface area (TPSA) is 83.8 Å². The van der Waals surface area contributed by atoms with Crippen LogP contribution in [0.3, 0.4) is 0 Å². The van der Waals surface area contributed by atoms with Gasteiger partial charge in [-0.2, -0.15) is 0 Å². The van der Waals surface area contributed by atoms with Crippen molar-refractivity contribution in [2.75, 3.05) is 0 Å². The van der Waals surface area contributed by atoms with Gasteiger partial charge in [-0.05, 0) is 61.7 Å². The quantitative estimate of drug-likeness (QED) is 0.417. The highest BCUT2D eigenvalue weighted by molar-refractivity contribution is 5.87. The van der Waals surface area contributed by atoms with Crippen LogP contribution in [0.1, 0.15) is 80.1 Å². The van der Waals surface area contributed by atoms with Crippen molar-refractivity contribution in [2.24, 2.45) is 35.0 Å². The lowest BCUT2D eigenvalue weighted by Crippen LogP contribution is -2.39. The minimum absolute atomic E-state index is 0.0965. The van der Waals surface area contributed by atoms with Crippen molar-refractivity contribution in [3.05, 3.63) is 24.8 Å². The molecule has 2 aliphatic rings. The Balaban J connectivity index is 0.000000311. The Hall–Kier alpha value is -1.62. The molecule has 2 N–H and O–H groups in total. The molecule has 178 valence electrons. The molecule has 0 saturated heterocycles. The monoisotopic (exact) mass is 436 g/mol. The number of hydrogen-bond acceptors (Lipinski definition) is 4. The number of carbonyl (C=O) groups is 2. The van der Waals surface area contributed by atoms with Gasteiger partial charge in [0.05, 0.1) is 6.10 Å². The molecular weight excluding hydrogens is 392 g/mol. The lowest BCUT2D eigenvalue weighted by atomic mass is 9.64. The summed E-state index contributed by atoms with van der Waals surface area (Å²) in [6.07, 6.45) is 6.58. The van der Waals surface area contributed by atoms with E-state index in [1.165, 1.54) is 18.9 Å². The van der Waals surface area contributed by atoms with Gasteiger partial charge in [0.2, 0.25) is 0 Å². The molecule has 0 heterocycles. The number of aliphatic hydroxyl groups excluding tert-OH is 1. The maximum absolute atomic E-state index is 11.2. The van der Waals surface area contributed by atoms with E-state index in [1.807, 2.05) is 6.92 Å². The van der Waals surface area contributed by atoms with Gasteiger partial charge in [0.15, 0.2) is 0 Å². The molecule has 2 rings (SSSR count). The first-order valence-electron chi connectivity index (χ1n) is 11.8. The summed E-state index contributed by atoms with van der Waals surface area (Å²) in [5, 5.41) is 19.1. The predicted molar refractivity (Wildman–Crippen MR) is 124 cm³/mol. The summed E-state index contributed by atoms with van der Waals surface area (Å²) in [6, 6.07) is 0. The lowest BCUT2D eigenvalue weighted by molar-refractivity contribution is -0.149. The van der Waals surface area contributed by atoms with Crippen molar-refractivity contribution >= 4 is 11.9 Å². The van der Waals surface area contributed by atoms with Gasteiger partial charge in [0.1, 0.15) is 6.10 Å². The number of carboxylic acid groups (broad SMARTS) is 1. The van der Waals surface area contributed by atoms with Crippen molar-refractivity contribution in [1.82, 2.24) is 0 Å². The van der Waals surface area contributed by atoms with Crippen LogP contribution in [0.2, 0.25) is 0 Å². The van der Waals surface area contributed by atoms with Crippen LogP contribution in [0.4, 0.5) is 0 Å². The fraction of sp³-hybridized carbons (Fsp3) is 0.769. The second-order valence-corrected chi connectivity index (χ2v) is 10.6. The van der Waals surface area contributed by atoms with E-state index in [1.54, 1.807) is 0 Å². The van der Waals surface area contributed by atoms with E-state index in [4.69, 9.17) is 9.84 Å². The number of ether oxygens (including phenoxy) is 1. The molecule has 0 aliphatic heterocycles. The number of aliphatic carboxylic acids is 1. The Bertz CT molecular complexity index is 638. The first kappa shape index (κ1) is 27.4. The van der Waals surface area contributed by atoms with Gasteiger partial charge in [0, 0.05) is 17.1 Å². The summed E-state index contributed by atoms with van der Waals surface area (Å²) in [5.41, 5.74) is -0.217. The maximum Gasteiger partial charge on any atom is 0.331 e. The molecule has 6 atom stereocenters. The van der Waals surface area contributed by atoms with Crippen molar-refractivity contribution < 1.29 is 24.5 Å². The molecule has 0 aromatic carbocycles. The largest absolute Gasteiger partial charge is 0.478 e. The van der Waals surface area contributed by atoms with E-state index in [0.29, 0.717) is 30.1 Å². The van der Waals surface area contributed by atoms with Crippen LogP contribution < -0.4 is 0 Å². The Morgan fingerprint density at radius 2 is 1.68 bits per heavy atom. The molecule has 2 saturated carbocycles. The number of aliphatic hydroxyl groups is 1. The van der Waals surface area contributed by atoms with Crippen LogP contribution in [0.25, 0.3) is 0 Å². The van der Waals surface area contributed by atoms with Crippen molar-refractivity contribution in [3.8, 4) is 0 Å². The van der Waals surface area contributed by atoms with Crippen LogP contribution in [0.15, 0.2) is 24.8 Å². The fourth-order valence-corrected chi connectivity index (χ4v) is 5.15. The number of rotatable bonds is 6. The highest BCUT2D eigenvalue weighted by Crippen LogP contribution is 2.45. The number of carbonyl (C=O) groups excluding carboxylic acids is 1. The fourth-order valence-electron chi connectivity index (χ4n) is 5.15. The summed E-state index contributed by atoms with van der Waals surface area (Å²) >= 11 is 0. The zero-order valence-corrected chi connectivity index (χ0v) is 20.4. The summed E-state index contributed by atoms with van der Waals surface area (Å²) < 4.78 is 5.43. The first-order chi connectivity index (χ1) is 14.3. The van der Waals surface area contributed by atoms with Crippen LogP contribution in [0.5, 0.6) is 0 Å². The first-order valence-corrected chi connectivity index (χ1v) is 11.8. The van der Waals surface area contributed by atoms with Crippen LogP contribution in [-0.2, 0) is 14.3 Å². The third-order valence-electron chi connectivity index (χ3n) is 7.42. The van der Waals surface area contributed by atoms with Crippen LogP contribution >= 0.6 is 0 Å². The third kappa shape index (κ3) is 7.78. The molecule has 0 spiro atoms. The van der Waals surface area contributed by atoms with Crippen molar-refractivity contribution in [1.29, 1.82) is 0 Å². The van der Waals surface area contributed by atoms with E-state index in [0.717, 1.165) is 19.3 Å². The Morgan fingerprint density at radius 1 is 1.10 bits per heavy atom. The van der Waals surface area contributed by atoms with Gasteiger partial charge in [-0.15, -0.1) is 0 Å². The van der Waals surface area contributed by atoms with E-state index in [-0.39, 0.29) is 23.6 Å². The van der Waals surface area contributed by atoms with Gasteiger partial charge >= 0.3 is 11.9 Å². The van der Waals surface area contributed by atoms with E-state index in [9.17, 15) is 14.7 Å². The summed E-state index contributed by atoms with van der Waals surface area (Å²) in [4.78, 5) is 22.2. The van der Waals surface area contributed by atoms with Crippen LogP contribution in [0, 0.1) is 35.0 Å². The second-order valence-electron chi connectivity index (χ2n) is 10.6. The molecule has 6 unspecified atom stereocenters. The Labute approximate surface area is 189 Å². The number of carboxylic acids is 1. The molecule has 2 aliphatic carbocycles. The molecule has 0 bridgehead atoms. The second kappa shape index (κ2) is 11.8. The highest BCUT2D eigenvalue weighted by Gasteiger charge is 2.41. The van der Waals surface area contributed by atoms with Gasteiger partial charge in [0.25, 0.3) is 0 Å². The van der Waals surface area contributed by atoms with E-state index in [2.05, 4.69) is 47.8 Å². The molecule has 5 nitrogen and oxygen atoms in total. The van der Waals surface area contributed by atoms with Gasteiger partial charge in [-0.25, -0.2) is 9.59 Å². The molecule has 0 aromatic rings. The molecule has 0 aromatic heterocycles. The number of hydrogen-bond donors (Lipinski definition) is 2.